The van der Waals surface area contributed by atoms with E-state index in [0.29, 0.717) is 11.7 Å². The third-order valence-corrected chi connectivity index (χ3v) is 2.61. The summed E-state index contributed by atoms with van der Waals surface area (Å²) in [5.41, 5.74) is 7.01. The van der Waals surface area contributed by atoms with Gasteiger partial charge in [0.2, 0.25) is 0 Å². The molecular formula is C10H14N4O. The van der Waals surface area contributed by atoms with Crippen molar-refractivity contribution in [1.82, 2.24) is 4.98 Å². The van der Waals surface area contributed by atoms with Crippen molar-refractivity contribution in [1.29, 1.82) is 0 Å². The Labute approximate surface area is 88.2 Å². The van der Waals surface area contributed by atoms with Crippen LogP contribution in [0.1, 0.15) is 18.5 Å². The van der Waals surface area contributed by atoms with Crippen LogP contribution in [0.3, 0.4) is 0 Å². The molecule has 3 N–H and O–H groups in total. The van der Waals surface area contributed by atoms with Gasteiger partial charge in [0.25, 0.3) is 0 Å². The highest BCUT2D eigenvalue weighted by molar-refractivity contribution is 6.00. The predicted octanol–water partition coefficient (Wildman–Crippen LogP) is 0.775. The predicted molar refractivity (Wildman–Crippen MR) is 58.2 cm³/mol. The van der Waals surface area contributed by atoms with Crippen molar-refractivity contribution in [2.24, 2.45) is 10.9 Å². The Morgan fingerprint density at radius 3 is 3.00 bits per heavy atom. The van der Waals surface area contributed by atoms with Gasteiger partial charge in [0.15, 0.2) is 5.84 Å². The van der Waals surface area contributed by atoms with E-state index < -0.39 is 0 Å². The molecule has 1 aromatic heterocycles. The van der Waals surface area contributed by atoms with Crippen LogP contribution in [0.4, 0.5) is 5.69 Å². The van der Waals surface area contributed by atoms with Crippen LogP contribution in [0, 0.1) is 0 Å². The van der Waals surface area contributed by atoms with E-state index in [9.17, 15) is 0 Å². The highest BCUT2D eigenvalue weighted by Crippen LogP contribution is 2.31. The molecule has 0 radical (unpaired) electrons. The SMILES string of the molecule is CN(c1cccnc1/C(N)=N/O)C1CC1. The van der Waals surface area contributed by atoms with E-state index in [-0.39, 0.29) is 5.84 Å². The van der Waals surface area contributed by atoms with Gasteiger partial charge in [-0.1, -0.05) is 5.16 Å². The summed E-state index contributed by atoms with van der Waals surface area (Å²) < 4.78 is 0. The number of hydrogen-bond acceptors (Lipinski definition) is 4. The first-order valence-electron chi connectivity index (χ1n) is 4.89. The van der Waals surface area contributed by atoms with Crippen molar-refractivity contribution in [3.8, 4) is 0 Å². The fraction of sp³-hybridized carbons (Fsp3) is 0.400. The summed E-state index contributed by atoms with van der Waals surface area (Å²) in [7, 11) is 2.00. The third kappa shape index (κ3) is 1.86. The van der Waals surface area contributed by atoms with Crippen LogP contribution in [0.25, 0.3) is 0 Å². The van der Waals surface area contributed by atoms with Gasteiger partial charge in [0.1, 0.15) is 5.69 Å². The lowest BCUT2D eigenvalue weighted by atomic mass is 10.2. The van der Waals surface area contributed by atoms with E-state index in [2.05, 4.69) is 15.0 Å². The van der Waals surface area contributed by atoms with Gasteiger partial charge in [-0.25, -0.2) is 0 Å². The summed E-state index contributed by atoms with van der Waals surface area (Å²) in [6, 6.07) is 4.35. The monoisotopic (exact) mass is 206 g/mol. The second-order valence-electron chi connectivity index (χ2n) is 3.70. The quantitative estimate of drug-likeness (QED) is 0.331. The fourth-order valence-electron chi connectivity index (χ4n) is 1.58. The first-order valence-corrected chi connectivity index (χ1v) is 4.89. The molecule has 0 spiro atoms. The maximum atomic E-state index is 8.65. The first-order chi connectivity index (χ1) is 7.24. The van der Waals surface area contributed by atoms with Crippen molar-refractivity contribution in [3.63, 3.8) is 0 Å². The van der Waals surface area contributed by atoms with Crippen LogP contribution in [-0.2, 0) is 0 Å². The number of nitrogens with zero attached hydrogens (tertiary/aromatic N) is 3. The highest BCUT2D eigenvalue weighted by Gasteiger charge is 2.28. The van der Waals surface area contributed by atoms with Crippen LogP contribution < -0.4 is 10.6 Å². The Balaban J connectivity index is 2.36. The average molecular weight is 206 g/mol. The van der Waals surface area contributed by atoms with E-state index >= 15 is 0 Å². The van der Waals surface area contributed by atoms with Gasteiger partial charge in [0, 0.05) is 19.3 Å². The summed E-state index contributed by atoms with van der Waals surface area (Å²) in [5.74, 6) is 0.0538. The maximum absolute atomic E-state index is 8.65. The minimum absolute atomic E-state index is 0.0538. The molecule has 0 aromatic carbocycles. The topological polar surface area (TPSA) is 74.7 Å². The van der Waals surface area contributed by atoms with Crippen molar-refractivity contribution in [2.45, 2.75) is 18.9 Å². The summed E-state index contributed by atoms with van der Waals surface area (Å²) in [6.07, 6.45) is 4.03. The van der Waals surface area contributed by atoms with Gasteiger partial charge in [-0.2, -0.15) is 0 Å². The fourth-order valence-corrected chi connectivity index (χ4v) is 1.58. The molecule has 0 saturated heterocycles. The van der Waals surface area contributed by atoms with E-state index in [1.54, 1.807) is 6.20 Å². The molecule has 80 valence electrons. The largest absolute Gasteiger partial charge is 0.409 e. The number of anilines is 1. The lowest BCUT2D eigenvalue weighted by Gasteiger charge is -2.20. The van der Waals surface area contributed by atoms with Gasteiger partial charge in [-0.05, 0) is 25.0 Å². The number of hydrogen-bond donors (Lipinski definition) is 2. The third-order valence-electron chi connectivity index (χ3n) is 2.61. The Kier molecular flexibility index (Phi) is 2.45. The zero-order valence-electron chi connectivity index (χ0n) is 8.59. The van der Waals surface area contributed by atoms with E-state index in [1.807, 2.05) is 19.2 Å². The second kappa shape index (κ2) is 3.76. The summed E-state index contributed by atoms with van der Waals surface area (Å²) in [6.45, 7) is 0. The van der Waals surface area contributed by atoms with Gasteiger partial charge in [-0.15, -0.1) is 0 Å². The molecule has 5 nitrogen and oxygen atoms in total. The Morgan fingerprint density at radius 2 is 2.40 bits per heavy atom. The zero-order chi connectivity index (χ0) is 10.8. The van der Waals surface area contributed by atoms with Gasteiger partial charge in [-0.3, -0.25) is 4.98 Å². The molecule has 1 aliphatic carbocycles. The number of rotatable bonds is 3. The van der Waals surface area contributed by atoms with Crippen LogP contribution in [-0.4, -0.2) is 29.1 Å². The van der Waals surface area contributed by atoms with E-state index in [1.165, 1.54) is 12.8 Å². The Morgan fingerprint density at radius 1 is 1.67 bits per heavy atom. The normalized spacial score (nSPS) is 16.5. The molecule has 1 aromatic rings. The van der Waals surface area contributed by atoms with Crippen molar-refractivity contribution < 1.29 is 5.21 Å². The lowest BCUT2D eigenvalue weighted by molar-refractivity contribution is 0.318. The molecule has 0 bridgehead atoms. The maximum Gasteiger partial charge on any atom is 0.190 e. The molecule has 0 atom stereocenters. The highest BCUT2D eigenvalue weighted by atomic mass is 16.4. The molecule has 0 unspecified atom stereocenters. The minimum Gasteiger partial charge on any atom is -0.409 e. The number of amidine groups is 1. The standard InChI is InChI=1S/C10H14N4O/c1-14(7-4-5-7)8-3-2-6-12-9(8)10(11)13-15/h2-3,6-7,15H,4-5H2,1H3,(H2,11,13). The molecule has 1 heterocycles. The molecule has 1 saturated carbocycles. The van der Waals surface area contributed by atoms with E-state index in [4.69, 9.17) is 10.9 Å². The average Bonchev–Trinajstić information content (AvgIpc) is 3.11. The van der Waals surface area contributed by atoms with Gasteiger partial charge in [0.05, 0.1) is 5.69 Å². The van der Waals surface area contributed by atoms with E-state index in [0.717, 1.165) is 5.69 Å². The molecule has 0 aliphatic heterocycles. The summed E-state index contributed by atoms with van der Waals surface area (Å²) in [5, 5.41) is 11.6. The molecule has 1 fully saturated rings. The van der Waals surface area contributed by atoms with Crippen LogP contribution in [0.2, 0.25) is 0 Å². The summed E-state index contributed by atoms with van der Waals surface area (Å²) >= 11 is 0. The summed E-state index contributed by atoms with van der Waals surface area (Å²) in [4.78, 5) is 6.25. The molecule has 1 aliphatic rings. The van der Waals surface area contributed by atoms with Gasteiger partial charge >= 0.3 is 0 Å². The number of nitrogens with two attached hydrogens (primary N) is 1. The van der Waals surface area contributed by atoms with Crippen molar-refractivity contribution in [2.75, 3.05) is 11.9 Å². The Hall–Kier alpha value is -1.78. The molecule has 2 rings (SSSR count). The molecule has 5 heteroatoms. The first kappa shape index (κ1) is 9.76. The van der Waals surface area contributed by atoms with Crippen molar-refractivity contribution in [3.05, 3.63) is 24.0 Å². The number of aromatic nitrogens is 1. The number of oxime groups is 1. The van der Waals surface area contributed by atoms with Crippen molar-refractivity contribution >= 4 is 11.5 Å². The van der Waals surface area contributed by atoms with Crippen LogP contribution >= 0.6 is 0 Å². The van der Waals surface area contributed by atoms with Gasteiger partial charge < -0.3 is 15.8 Å². The van der Waals surface area contributed by atoms with Crippen LogP contribution in [0.5, 0.6) is 0 Å². The smallest absolute Gasteiger partial charge is 0.190 e. The zero-order valence-corrected chi connectivity index (χ0v) is 8.59. The molecular weight excluding hydrogens is 192 g/mol. The second-order valence-corrected chi connectivity index (χ2v) is 3.70. The van der Waals surface area contributed by atoms with Crippen LogP contribution in [0.15, 0.2) is 23.5 Å². The molecule has 15 heavy (non-hydrogen) atoms. The minimum atomic E-state index is 0.0538. The Bertz CT molecular complexity index is 387. The lowest BCUT2D eigenvalue weighted by Crippen LogP contribution is -2.25. The number of pyridine rings is 1. The molecule has 0 amide bonds.